The Balaban J connectivity index is 2.02. The summed E-state index contributed by atoms with van der Waals surface area (Å²) in [5, 5.41) is 0. The average Bonchev–Trinajstić information content (AvgIpc) is 2.39. The van der Waals surface area contributed by atoms with Crippen molar-refractivity contribution >= 4 is 5.97 Å². The van der Waals surface area contributed by atoms with Crippen molar-refractivity contribution in [2.75, 3.05) is 19.8 Å². The van der Waals surface area contributed by atoms with Gasteiger partial charge in [0.25, 0.3) is 6.29 Å². The van der Waals surface area contributed by atoms with Crippen molar-refractivity contribution in [2.45, 2.75) is 53.2 Å². The quantitative estimate of drug-likeness (QED) is 0.747. The lowest BCUT2D eigenvalue weighted by Crippen LogP contribution is -2.52. The normalized spacial score (nSPS) is 38.1. The Kier molecular flexibility index (Phi) is 5.08. The second kappa shape index (κ2) is 6.44. The fraction of sp³-hybridized carbons (Fsp3) is 0.938. The van der Waals surface area contributed by atoms with E-state index in [9.17, 15) is 4.79 Å². The summed E-state index contributed by atoms with van der Waals surface area (Å²) in [6, 6.07) is 0. The van der Waals surface area contributed by atoms with E-state index in [1.54, 1.807) is 6.92 Å². The third kappa shape index (κ3) is 3.17. The molecule has 0 unspecified atom stereocenters. The second-order valence-electron chi connectivity index (χ2n) is 6.81. The van der Waals surface area contributed by atoms with Crippen molar-refractivity contribution < 1.29 is 19.0 Å². The first-order chi connectivity index (χ1) is 9.48. The summed E-state index contributed by atoms with van der Waals surface area (Å²) in [5.41, 5.74) is 0.0782. The third-order valence-corrected chi connectivity index (χ3v) is 4.84. The van der Waals surface area contributed by atoms with Gasteiger partial charge in [-0.1, -0.05) is 27.2 Å². The summed E-state index contributed by atoms with van der Waals surface area (Å²) in [6.45, 7) is 10.2. The van der Waals surface area contributed by atoms with Crippen LogP contribution in [0, 0.1) is 23.2 Å². The molecule has 0 amide bonds. The van der Waals surface area contributed by atoms with Crippen LogP contribution in [0.5, 0.6) is 0 Å². The monoisotopic (exact) mass is 284 g/mol. The van der Waals surface area contributed by atoms with Gasteiger partial charge in [-0.2, -0.15) is 0 Å². The molecule has 20 heavy (non-hydrogen) atoms. The molecule has 0 N–H and O–H groups in total. The van der Waals surface area contributed by atoms with E-state index in [1.807, 2.05) is 0 Å². The molecule has 0 aromatic heterocycles. The number of esters is 1. The molecule has 2 atom stereocenters. The first kappa shape index (κ1) is 15.8. The first-order valence-electron chi connectivity index (χ1n) is 7.88. The molecular formula is C16H28O4. The van der Waals surface area contributed by atoms with E-state index in [-0.39, 0.29) is 5.41 Å². The maximum atomic E-state index is 11.7. The summed E-state index contributed by atoms with van der Waals surface area (Å²) in [6.07, 6.45) is 2.82. The first-order valence-corrected chi connectivity index (χ1v) is 7.88. The maximum Gasteiger partial charge on any atom is 0.363 e. The van der Waals surface area contributed by atoms with Crippen molar-refractivity contribution in [3.05, 3.63) is 0 Å². The minimum absolute atomic E-state index is 0.0782. The number of carbonyl (C=O) groups is 1. The lowest BCUT2D eigenvalue weighted by molar-refractivity contribution is -0.257. The van der Waals surface area contributed by atoms with Crippen molar-refractivity contribution in [1.29, 1.82) is 0 Å². The second-order valence-corrected chi connectivity index (χ2v) is 6.81. The highest BCUT2D eigenvalue weighted by Crippen LogP contribution is 2.49. The molecule has 4 heteroatoms. The van der Waals surface area contributed by atoms with Crippen LogP contribution in [0.25, 0.3) is 0 Å². The minimum atomic E-state index is -0.828. The standard InChI is InChI=1S/C16H28O4/c1-5-18-14(17)15-19-9-16(10-20-15)8-12(4)6-7-13(16)11(2)3/h11-13,15H,5-10H2,1-4H3/t12-,13+,15?,16?/m1/s1. The molecule has 1 aliphatic heterocycles. The predicted octanol–water partition coefficient (Wildman–Crippen LogP) is 3.00. The van der Waals surface area contributed by atoms with Gasteiger partial charge >= 0.3 is 5.97 Å². The number of carbonyl (C=O) groups excluding carboxylic acids is 1. The highest BCUT2D eigenvalue weighted by atomic mass is 16.7. The van der Waals surface area contributed by atoms with E-state index in [2.05, 4.69) is 20.8 Å². The average molecular weight is 284 g/mol. The Morgan fingerprint density at radius 3 is 2.50 bits per heavy atom. The molecule has 1 saturated carbocycles. The summed E-state index contributed by atoms with van der Waals surface area (Å²) in [4.78, 5) is 11.7. The zero-order valence-corrected chi connectivity index (χ0v) is 13.2. The number of hydrogen-bond donors (Lipinski definition) is 0. The topological polar surface area (TPSA) is 44.8 Å². The highest BCUT2D eigenvalue weighted by Gasteiger charge is 2.48. The molecule has 2 fully saturated rings. The van der Waals surface area contributed by atoms with Gasteiger partial charge in [0.15, 0.2) is 0 Å². The minimum Gasteiger partial charge on any atom is -0.462 e. The molecule has 2 rings (SSSR count). The van der Waals surface area contributed by atoms with Crippen molar-refractivity contribution in [3.63, 3.8) is 0 Å². The van der Waals surface area contributed by atoms with Crippen molar-refractivity contribution in [2.24, 2.45) is 23.2 Å². The van der Waals surface area contributed by atoms with Gasteiger partial charge in [0, 0.05) is 5.41 Å². The van der Waals surface area contributed by atoms with E-state index in [0.717, 1.165) is 6.42 Å². The van der Waals surface area contributed by atoms with Crippen LogP contribution in [0.4, 0.5) is 0 Å². The summed E-state index contributed by atoms with van der Waals surface area (Å²) < 4.78 is 16.4. The van der Waals surface area contributed by atoms with Crippen molar-refractivity contribution in [1.82, 2.24) is 0 Å². The largest absolute Gasteiger partial charge is 0.462 e. The van der Waals surface area contributed by atoms with Crippen LogP contribution in [0.15, 0.2) is 0 Å². The van der Waals surface area contributed by atoms with Crippen LogP contribution >= 0.6 is 0 Å². The smallest absolute Gasteiger partial charge is 0.363 e. The Labute approximate surface area is 122 Å². The molecule has 1 spiro atoms. The molecule has 1 heterocycles. The third-order valence-electron chi connectivity index (χ3n) is 4.84. The number of hydrogen-bond acceptors (Lipinski definition) is 4. The summed E-state index contributed by atoms with van der Waals surface area (Å²) in [7, 11) is 0. The lowest BCUT2D eigenvalue weighted by Gasteiger charge is -2.50. The Morgan fingerprint density at radius 2 is 1.95 bits per heavy atom. The van der Waals surface area contributed by atoms with Crippen LogP contribution in [0.3, 0.4) is 0 Å². The maximum absolute atomic E-state index is 11.7. The van der Waals surface area contributed by atoms with E-state index in [0.29, 0.717) is 37.6 Å². The van der Waals surface area contributed by atoms with E-state index in [1.165, 1.54) is 12.8 Å². The predicted molar refractivity (Wildman–Crippen MR) is 76.1 cm³/mol. The molecular weight excluding hydrogens is 256 g/mol. The van der Waals surface area contributed by atoms with E-state index in [4.69, 9.17) is 14.2 Å². The van der Waals surface area contributed by atoms with Crippen molar-refractivity contribution in [3.8, 4) is 0 Å². The van der Waals surface area contributed by atoms with Crippen LogP contribution < -0.4 is 0 Å². The molecule has 4 nitrogen and oxygen atoms in total. The van der Waals surface area contributed by atoms with Gasteiger partial charge in [0.05, 0.1) is 19.8 Å². The number of rotatable bonds is 3. The van der Waals surface area contributed by atoms with Gasteiger partial charge in [-0.25, -0.2) is 4.79 Å². The van der Waals surface area contributed by atoms with Gasteiger partial charge in [0.1, 0.15) is 0 Å². The molecule has 116 valence electrons. The van der Waals surface area contributed by atoms with Crippen LogP contribution in [0.2, 0.25) is 0 Å². The van der Waals surface area contributed by atoms with Gasteiger partial charge < -0.3 is 14.2 Å². The Hall–Kier alpha value is -0.610. The summed E-state index contributed by atoms with van der Waals surface area (Å²) in [5.74, 6) is 1.54. The molecule has 1 aliphatic carbocycles. The molecule has 0 aromatic carbocycles. The molecule has 2 aliphatic rings. The molecule has 0 aromatic rings. The summed E-state index contributed by atoms with van der Waals surface area (Å²) >= 11 is 0. The zero-order valence-electron chi connectivity index (χ0n) is 13.2. The van der Waals surface area contributed by atoms with Gasteiger partial charge in [-0.05, 0) is 37.5 Å². The van der Waals surface area contributed by atoms with Gasteiger partial charge in [-0.15, -0.1) is 0 Å². The fourth-order valence-corrected chi connectivity index (χ4v) is 4.01. The zero-order chi connectivity index (χ0) is 14.8. The highest BCUT2D eigenvalue weighted by molar-refractivity contribution is 5.73. The Bertz CT molecular complexity index is 331. The van der Waals surface area contributed by atoms with Gasteiger partial charge in [-0.3, -0.25) is 0 Å². The SMILES string of the molecule is CCOC(=O)C1OCC2(CO1)C[C@H](C)CC[C@H]2C(C)C. The van der Waals surface area contributed by atoms with Gasteiger partial charge in [0.2, 0.25) is 0 Å². The molecule has 0 bridgehead atoms. The van der Waals surface area contributed by atoms with Crippen LogP contribution in [-0.2, 0) is 19.0 Å². The molecule has 0 radical (unpaired) electrons. The van der Waals surface area contributed by atoms with E-state index < -0.39 is 12.3 Å². The van der Waals surface area contributed by atoms with Crippen LogP contribution in [0.1, 0.15) is 47.0 Å². The lowest BCUT2D eigenvalue weighted by atomic mass is 9.60. The fourth-order valence-electron chi connectivity index (χ4n) is 4.01. The number of ether oxygens (including phenoxy) is 3. The van der Waals surface area contributed by atoms with Crippen LogP contribution in [-0.4, -0.2) is 32.1 Å². The van der Waals surface area contributed by atoms with E-state index >= 15 is 0 Å². The Morgan fingerprint density at radius 1 is 1.30 bits per heavy atom. The molecule has 1 saturated heterocycles.